The fourth-order valence-electron chi connectivity index (χ4n) is 5.49. The van der Waals surface area contributed by atoms with E-state index in [2.05, 4.69) is 15.6 Å². The Morgan fingerprint density at radius 1 is 1.00 bits per heavy atom. The minimum Gasteiger partial charge on any atom is -0.466 e. The molecule has 286 valence electrons. The molecule has 0 amide bonds. The Morgan fingerprint density at radius 3 is 2.45 bits per heavy atom. The molecule has 2 aliphatic rings. The zero-order valence-electron chi connectivity index (χ0n) is 30.2. The van der Waals surface area contributed by atoms with Crippen LogP contribution in [0.2, 0.25) is 0 Å². The first-order chi connectivity index (χ1) is 26.6. The number of nitrogens with one attached hydrogen (secondary N) is 2. The third-order valence-electron chi connectivity index (χ3n) is 7.97. The van der Waals surface area contributed by atoms with E-state index in [0.717, 1.165) is 12.2 Å². The Kier molecular flexibility index (Phi) is 13.5. The van der Waals surface area contributed by atoms with Crippen LogP contribution in [-0.2, 0) is 41.7 Å². The number of aliphatic imine (C=N–C) groups is 1. The summed E-state index contributed by atoms with van der Waals surface area (Å²) in [5.74, 6) is -3.18. The number of carbonyl (C=O) groups is 3. The molecule has 0 saturated heterocycles. The molecule has 0 aliphatic carbocycles. The van der Waals surface area contributed by atoms with E-state index in [1.165, 1.54) is 25.1 Å². The van der Waals surface area contributed by atoms with Crippen LogP contribution in [0.3, 0.4) is 0 Å². The lowest BCUT2D eigenvalue weighted by Crippen LogP contribution is -2.46. The molecular weight excluding hydrogens is 716 g/mol. The zero-order valence-corrected chi connectivity index (χ0v) is 30.2. The van der Waals surface area contributed by atoms with Gasteiger partial charge < -0.3 is 29.0 Å². The van der Waals surface area contributed by atoms with Crippen molar-refractivity contribution in [3.63, 3.8) is 0 Å². The van der Waals surface area contributed by atoms with Crippen LogP contribution in [0.15, 0.2) is 95.6 Å². The SMILES string of the molecule is CCOC(=O)CCc1cc(OC2=C([N+](=O)[O-])C(C(=O)OCC)=NC(Oc3cc(C#N)ccc3C(=O)OCc3ccccc3)N2OC)cc(C2NC=CCN2)c1. The van der Waals surface area contributed by atoms with Gasteiger partial charge in [-0.15, -0.1) is 0 Å². The summed E-state index contributed by atoms with van der Waals surface area (Å²) < 4.78 is 28.1. The van der Waals surface area contributed by atoms with E-state index in [1.54, 1.807) is 49.5 Å². The van der Waals surface area contributed by atoms with Gasteiger partial charge in [-0.05, 0) is 73.5 Å². The number of ether oxygens (including phenoxy) is 5. The lowest BCUT2D eigenvalue weighted by Gasteiger charge is -2.32. The molecule has 5 rings (SSSR count). The van der Waals surface area contributed by atoms with Gasteiger partial charge in [0.15, 0.2) is 0 Å². The summed E-state index contributed by atoms with van der Waals surface area (Å²) in [4.78, 5) is 60.5. The van der Waals surface area contributed by atoms with E-state index in [1.807, 2.05) is 24.3 Å². The molecule has 3 aromatic carbocycles. The van der Waals surface area contributed by atoms with Crippen LogP contribution >= 0.6 is 0 Å². The number of nitro groups is 1. The molecule has 17 heteroatoms. The summed E-state index contributed by atoms with van der Waals surface area (Å²) >= 11 is 0. The van der Waals surface area contributed by atoms with E-state index in [9.17, 15) is 29.8 Å². The zero-order chi connectivity index (χ0) is 39.3. The van der Waals surface area contributed by atoms with Gasteiger partial charge in [0.25, 0.3) is 6.35 Å². The maximum atomic E-state index is 13.4. The first-order valence-electron chi connectivity index (χ1n) is 17.2. The molecule has 0 fully saturated rings. The molecule has 0 radical (unpaired) electrons. The van der Waals surface area contributed by atoms with E-state index in [4.69, 9.17) is 28.5 Å². The van der Waals surface area contributed by atoms with E-state index in [-0.39, 0.29) is 55.3 Å². The quantitative estimate of drug-likeness (QED) is 0.0908. The second-order valence-corrected chi connectivity index (χ2v) is 11.7. The van der Waals surface area contributed by atoms with Crippen LogP contribution in [0.5, 0.6) is 11.5 Å². The first kappa shape index (κ1) is 39.4. The standard InChI is InChI=1S/C38H38N6O11/c1-4-51-31(45)15-13-25-18-27(34-40-16-9-17-41-34)21-28(19-25)54-35-33(44(48)49)32(37(47)52-5-2)42-38(43(35)50-3)55-30-20-26(22-39)12-14-29(30)36(46)53-23-24-10-7-6-8-11-24/h6-12,14,16,18-21,34,38,40-41H,4-5,13,15,17,23H2,1-3H3. The molecule has 55 heavy (non-hydrogen) atoms. The highest BCUT2D eigenvalue weighted by molar-refractivity contribution is 6.42. The highest BCUT2D eigenvalue weighted by Crippen LogP contribution is 2.32. The third kappa shape index (κ3) is 10.0. The monoisotopic (exact) mass is 754 g/mol. The Morgan fingerprint density at radius 2 is 1.78 bits per heavy atom. The topological polar surface area (TPSA) is 213 Å². The molecule has 17 nitrogen and oxygen atoms in total. The van der Waals surface area contributed by atoms with Crippen LogP contribution in [0.25, 0.3) is 0 Å². The minimum atomic E-state index is -1.75. The number of nitriles is 1. The van der Waals surface area contributed by atoms with Crippen molar-refractivity contribution in [3.8, 4) is 17.6 Å². The molecule has 0 bridgehead atoms. The summed E-state index contributed by atoms with van der Waals surface area (Å²) in [6, 6.07) is 19.9. The van der Waals surface area contributed by atoms with E-state index < -0.39 is 52.6 Å². The number of carbonyl (C=O) groups excluding carboxylic acids is 3. The predicted molar refractivity (Wildman–Crippen MR) is 193 cm³/mol. The fourth-order valence-corrected chi connectivity index (χ4v) is 5.49. The number of nitrogens with zero attached hydrogens (tertiary/aromatic N) is 4. The summed E-state index contributed by atoms with van der Waals surface area (Å²) in [7, 11) is 1.16. The van der Waals surface area contributed by atoms with Gasteiger partial charge >= 0.3 is 29.5 Å². The van der Waals surface area contributed by atoms with Gasteiger partial charge in [-0.2, -0.15) is 10.3 Å². The van der Waals surface area contributed by atoms with Crippen LogP contribution < -0.4 is 20.1 Å². The van der Waals surface area contributed by atoms with Crippen LogP contribution in [0.4, 0.5) is 0 Å². The van der Waals surface area contributed by atoms with Gasteiger partial charge in [0.1, 0.15) is 29.8 Å². The lowest BCUT2D eigenvalue weighted by molar-refractivity contribution is -0.422. The summed E-state index contributed by atoms with van der Waals surface area (Å²) in [6.07, 6.45) is 1.77. The number of hydrogen-bond acceptors (Lipinski definition) is 16. The second-order valence-electron chi connectivity index (χ2n) is 11.7. The molecule has 2 atom stereocenters. The van der Waals surface area contributed by atoms with Crippen molar-refractivity contribution < 1.29 is 47.8 Å². The second kappa shape index (κ2) is 18.8. The molecule has 2 aliphatic heterocycles. The number of benzene rings is 3. The summed E-state index contributed by atoms with van der Waals surface area (Å²) in [5, 5.41) is 29.6. The maximum absolute atomic E-state index is 13.4. The Bertz CT molecular complexity index is 2040. The van der Waals surface area contributed by atoms with Crippen molar-refractivity contribution in [2.24, 2.45) is 4.99 Å². The molecule has 3 aromatic rings. The van der Waals surface area contributed by atoms with Crippen molar-refractivity contribution in [1.82, 2.24) is 15.7 Å². The number of rotatable bonds is 16. The van der Waals surface area contributed by atoms with Crippen LogP contribution in [0.1, 0.15) is 59.0 Å². The third-order valence-corrected chi connectivity index (χ3v) is 7.97. The molecule has 2 unspecified atom stereocenters. The Hall–Kier alpha value is -6.77. The molecule has 2 heterocycles. The van der Waals surface area contributed by atoms with Crippen LogP contribution in [0, 0.1) is 21.4 Å². The number of hydroxylamine groups is 2. The molecule has 0 saturated carbocycles. The average molecular weight is 755 g/mol. The molecule has 2 N–H and O–H groups in total. The summed E-state index contributed by atoms with van der Waals surface area (Å²) in [5.41, 5.74) is 0.281. The van der Waals surface area contributed by atoms with Crippen molar-refractivity contribution in [2.75, 3.05) is 26.9 Å². The van der Waals surface area contributed by atoms with Gasteiger partial charge in [0, 0.05) is 13.0 Å². The van der Waals surface area contributed by atoms with E-state index in [0.29, 0.717) is 23.2 Å². The van der Waals surface area contributed by atoms with Gasteiger partial charge in [-0.1, -0.05) is 42.5 Å². The minimum absolute atomic E-state index is 0.0443. The normalized spacial score (nSPS) is 16.3. The van der Waals surface area contributed by atoms with Gasteiger partial charge in [-0.3, -0.25) is 25.1 Å². The first-order valence-corrected chi connectivity index (χ1v) is 17.2. The summed E-state index contributed by atoms with van der Waals surface area (Å²) in [6.45, 7) is 3.74. The van der Waals surface area contributed by atoms with Crippen molar-refractivity contribution in [1.29, 1.82) is 5.26 Å². The highest BCUT2D eigenvalue weighted by Gasteiger charge is 2.45. The van der Waals surface area contributed by atoms with Crippen molar-refractivity contribution in [2.45, 2.75) is 45.8 Å². The number of hydrogen-bond donors (Lipinski definition) is 2. The molecule has 0 aromatic heterocycles. The highest BCUT2D eigenvalue weighted by atomic mass is 16.7. The fraction of sp³-hybridized carbons (Fsp3) is 0.289. The van der Waals surface area contributed by atoms with Crippen molar-refractivity contribution >= 4 is 23.6 Å². The number of esters is 3. The van der Waals surface area contributed by atoms with E-state index >= 15 is 0 Å². The largest absolute Gasteiger partial charge is 0.466 e. The van der Waals surface area contributed by atoms with Gasteiger partial charge in [0.2, 0.25) is 5.71 Å². The predicted octanol–water partition coefficient (Wildman–Crippen LogP) is 4.18. The maximum Gasteiger partial charge on any atom is 0.364 e. The van der Waals surface area contributed by atoms with Gasteiger partial charge in [0.05, 0.1) is 36.9 Å². The average Bonchev–Trinajstić information content (AvgIpc) is 3.19. The van der Waals surface area contributed by atoms with Crippen molar-refractivity contribution in [3.05, 3.63) is 129 Å². The Balaban J connectivity index is 1.56. The number of aryl methyl sites for hydroxylation is 1. The Labute approximate surface area is 315 Å². The van der Waals surface area contributed by atoms with Crippen LogP contribution in [-0.4, -0.2) is 66.8 Å². The smallest absolute Gasteiger partial charge is 0.364 e. The molecular formula is C38H38N6O11. The lowest BCUT2D eigenvalue weighted by atomic mass is 10.0. The van der Waals surface area contributed by atoms with Gasteiger partial charge in [-0.25, -0.2) is 14.6 Å². The molecule has 0 spiro atoms.